The highest BCUT2D eigenvalue weighted by atomic mass is 16.2. The van der Waals surface area contributed by atoms with Crippen LogP contribution in [0, 0.1) is 0 Å². The van der Waals surface area contributed by atoms with E-state index in [-0.39, 0.29) is 5.91 Å². The molecule has 2 heterocycles. The molecule has 0 radical (unpaired) electrons. The van der Waals surface area contributed by atoms with Crippen molar-refractivity contribution in [2.75, 3.05) is 18.4 Å². The molecule has 0 aliphatic carbocycles. The van der Waals surface area contributed by atoms with Crippen LogP contribution in [0.25, 0.3) is 0 Å². The molecule has 1 N–H and O–H groups in total. The van der Waals surface area contributed by atoms with Gasteiger partial charge in [0, 0.05) is 19.3 Å². The second-order valence-electron chi connectivity index (χ2n) is 4.46. The quantitative estimate of drug-likeness (QED) is 0.878. The molecule has 2 rings (SSSR count). The summed E-state index contributed by atoms with van der Waals surface area (Å²) in [6.45, 7) is 5.73. The largest absolute Gasteiger partial charge is 0.369 e. The van der Waals surface area contributed by atoms with Crippen molar-refractivity contribution in [2.24, 2.45) is 0 Å². The van der Waals surface area contributed by atoms with Crippen molar-refractivity contribution in [3.8, 4) is 0 Å². The molecule has 6 nitrogen and oxygen atoms in total. The SMILES string of the molecule is CCNc1cnc(C(=O)N(CC)Cc2ccccn2)cn1. The number of anilines is 1. The lowest BCUT2D eigenvalue weighted by molar-refractivity contribution is 0.0744. The predicted molar refractivity (Wildman–Crippen MR) is 80.8 cm³/mol. The third-order valence-electron chi connectivity index (χ3n) is 2.98. The minimum Gasteiger partial charge on any atom is -0.369 e. The Balaban J connectivity index is 2.08. The van der Waals surface area contributed by atoms with Gasteiger partial charge in [0.05, 0.1) is 24.6 Å². The number of nitrogens with zero attached hydrogens (tertiary/aromatic N) is 4. The summed E-state index contributed by atoms with van der Waals surface area (Å²) in [6, 6.07) is 5.66. The Kier molecular flexibility index (Phi) is 5.20. The highest BCUT2D eigenvalue weighted by molar-refractivity contribution is 5.92. The molecule has 0 bridgehead atoms. The number of carbonyl (C=O) groups excluding carboxylic acids is 1. The van der Waals surface area contributed by atoms with Crippen LogP contribution in [0.5, 0.6) is 0 Å². The van der Waals surface area contributed by atoms with Crippen molar-refractivity contribution in [2.45, 2.75) is 20.4 Å². The Labute approximate surface area is 124 Å². The van der Waals surface area contributed by atoms with Crippen LogP contribution in [-0.2, 0) is 6.54 Å². The third kappa shape index (κ3) is 3.98. The molecular weight excluding hydrogens is 266 g/mol. The maximum Gasteiger partial charge on any atom is 0.274 e. The molecule has 110 valence electrons. The molecule has 0 aromatic carbocycles. The van der Waals surface area contributed by atoms with Gasteiger partial charge in [-0.25, -0.2) is 9.97 Å². The molecule has 21 heavy (non-hydrogen) atoms. The van der Waals surface area contributed by atoms with E-state index in [0.29, 0.717) is 24.6 Å². The smallest absolute Gasteiger partial charge is 0.274 e. The van der Waals surface area contributed by atoms with Crippen LogP contribution in [0.4, 0.5) is 5.82 Å². The molecule has 6 heteroatoms. The Morgan fingerprint density at radius 1 is 1.19 bits per heavy atom. The minimum absolute atomic E-state index is 0.140. The third-order valence-corrected chi connectivity index (χ3v) is 2.98. The van der Waals surface area contributed by atoms with Crippen LogP contribution in [0.1, 0.15) is 30.0 Å². The molecule has 0 saturated carbocycles. The summed E-state index contributed by atoms with van der Waals surface area (Å²) in [5.74, 6) is 0.528. The molecule has 0 saturated heterocycles. The number of nitrogens with one attached hydrogen (secondary N) is 1. The van der Waals surface area contributed by atoms with Gasteiger partial charge in [0.1, 0.15) is 11.5 Å². The van der Waals surface area contributed by atoms with Crippen LogP contribution in [0.2, 0.25) is 0 Å². The lowest BCUT2D eigenvalue weighted by Gasteiger charge is -2.19. The zero-order valence-electron chi connectivity index (χ0n) is 12.3. The number of aromatic nitrogens is 3. The van der Waals surface area contributed by atoms with Crippen LogP contribution < -0.4 is 5.32 Å². The molecule has 0 aliphatic rings. The van der Waals surface area contributed by atoms with E-state index in [4.69, 9.17) is 0 Å². The van der Waals surface area contributed by atoms with E-state index in [1.165, 1.54) is 6.20 Å². The molecule has 1 amide bonds. The van der Waals surface area contributed by atoms with Crippen LogP contribution in [0.15, 0.2) is 36.8 Å². The fourth-order valence-electron chi connectivity index (χ4n) is 1.89. The van der Waals surface area contributed by atoms with Crippen molar-refractivity contribution in [1.82, 2.24) is 19.9 Å². The average molecular weight is 285 g/mol. The Morgan fingerprint density at radius 2 is 2.05 bits per heavy atom. The second-order valence-corrected chi connectivity index (χ2v) is 4.46. The van der Waals surface area contributed by atoms with Gasteiger partial charge in [-0.3, -0.25) is 9.78 Å². The van der Waals surface area contributed by atoms with E-state index < -0.39 is 0 Å². The molecule has 2 aromatic rings. The molecule has 0 fully saturated rings. The lowest BCUT2D eigenvalue weighted by atomic mass is 10.3. The molecule has 0 spiro atoms. The van der Waals surface area contributed by atoms with Gasteiger partial charge in [-0.2, -0.15) is 0 Å². The molecule has 0 unspecified atom stereocenters. The van der Waals surface area contributed by atoms with Gasteiger partial charge in [-0.1, -0.05) is 6.07 Å². The number of amides is 1. The average Bonchev–Trinajstić information content (AvgIpc) is 2.54. The maximum absolute atomic E-state index is 12.4. The first-order valence-corrected chi connectivity index (χ1v) is 6.99. The standard InChI is InChI=1S/C15H19N5O/c1-3-16-14-10-18-13(9-19-14)15(21)20(4-2)11-12-7-5-6-8-17-12/h5-10H,3-4,11H2,1-2H3,(H,16,19). The minimum atomic E-state index is -0.140. The highest BCUT2D eigenvalue weighted by Gasteiger charge is 2.16. The topological polar surface area (TPSA) is 71.0 Å². The van der Waals surface area contributed by atoms with E-state index in [1.54, 1.807) is 17.3 Å². The first-order valence-electron chi connectivity index (χ1n) is 6.99. The van der Waals surface area contributed by atoms with E-state index in [2.05, 4.69) is 20.3 Å². The summed E-state index contributed by atoms with van der Waals surface area (Å²) in [6.07, 6.45) is 4.80. The van der Waals surface area contributed by atoms with Crippen LogP contribution in [-0.4, -0.2) is 38.8 Å². The van der Waals surface area contributed by atoms with Crippen molar-refractivity contribution in [3.05, 3.63) is 48.2 Å². The Morgan fingerprint density at radius 3 is 2.62 bits per heavy atom. The number of rotatable bonds is 6. The first-order chi connectivity index (χ1) is 10.2. The Hall–Kier alpha value is -2.50. The molecule has 0 atom stereocenters. The molecule has 2 aromatic heterocycles. The number of pyridine rings is 1. The van der Waals surface area contributed by atoms with Crippen LogP contribution in [0.3, 0.4) is 0 Å². The fraction of sp³-hybridized carbons (Fsp3) is 0.333. The fourth-order valence-corrected chi connectivity index (χ4v) is 1.89. The second kappa shape index (κ2) is 7.33. The van der Waals surface area contributed by atoms with Crippen molar-refractivity contribution >= 4 is 11.7 Å². The maximum atomic E-state index is 12.4. The molecular formula is C15H19N5O. The van der Waals surface area contributed by atoms with Crippen molar-refractivity contribution in [1.29, 1.82) is 0 Å². The summed E-state index contributed by atoms with van der Waals surface area (Å²) in [7, 11) is 0. The zero-order valence-corrected chi connectivity index (χ0v) is 12.3. The van der Waals surface area contributed by atoms with Crippen molar-refractivity contribution < 1.29 is 4.79 Å². The normalized spacial score (nSPS) is 10.2. The first kappa shape index (κ1) is 14.9. The van der Waals surface area contributed by atoms with Gasteiger partial charge in [-0.15, -0.1) is 0 Å². The molecule has 0 aliphatic heterocycles. The van der Waals surface area contributed by atoms with Gasteiger partial charge in [-0.05, 0) is 26.0 Å². The monoisotopic (exact) mass is 285 g/mol. The van der Waals surface area contributed by atoms with Gasteiger partial charge < -0.3 is 10.2 Å². The van der Waals surface area contributed by atoms with Crippen LogP contribution >= 0.6 is 0 Å². The van der Waals surface area contributed by atoms with Gasteiger partial charge in [0.2, 0.25) is 0 Å². The summed E-state index contributed by atoms with van der Waals surface area (Å²) in [5.41, 5.74) is 1.19. The van der Waals surface area contributed by atoms with Gasteiger partial charge >= 0.3 is 0 Å². The van der Waals surface area contributed by atoms with Gasteiger partial charge in [0.25, 0.3) is 5.91 Å². The van der Waals surface area contributed by atoms with E-state index >= 15 is 0 Å². The summed E-state index contributed by atoms with van der Waals surface area (Å²) >= 11 is 0. The van der Waals surface area contributed by atoms with E-state index in [1.807, 2.05) is 32.0 Å². The summed E-state index contributed by atoms with van der Waals surface area (Å²) < 4.78 is 0. The van der Waals surface area contributed by atoms with Gasteiger partial charge in [0.15, 0.2) is 0 Å². The van der Waals surface area contributed by atoms with Crippen molar-refractivity contribution in [3.63, 3.8) is 0 Å². The number of carbonyl (C=O) groups is 1. The summed E-state index contributed by atoms with van der Waals surface area (Å²) in [5, 5.41) is 3.05. The number of hydrogen-bond donors (Lipinski definition) is 1. The highest BCUT2D eigenvalue weighted by Crippen LogP contribution is 2.07. The number of hydrogen-bond acceptors (Lipinski definition) is 5. The zero-order chi connectivity index (χ0) is 15.1. The Bertz CT molecular complexity index is 570. The predicted octanol–water partition coefficient (Wildman–Crippen LogP) is 1.97. The lowest BCUT2D eigenvalue weighted by Crippen LogP contribution is -2.31. The van der Waals surface area contributed by atoms with E-state index in [9.17, 15) is 4.79 Å². The van der Waals surface area contributed by atoms with E-state index in [0.717, 1.165) is 12.2 Å². The summed E-state index contributed by atoms with van der Waals surface area (Å²) in [4.78, 5) is 26.7.